The number of nitrogen functional groups attached to an aromatic ring is 1. The van der Waals surface area contributed by atoms with Crippen molar-refractivity contribution in [3.05, 3.63) is 76.3 Å². The average Bonchev–Trinajstić information content (AvgIpc) is 3.10. The van der Waals surface area contributed by atoms with Gasteiger partial charge in [0.2, 0.25) is 0 Å². The van der Waals surface area contributed by atoms with Crippen LogP contribution in [-0.2, 0) is 6.54 Å². The van der Waals surface area contributed by atoms with Crippen molar-refractivity contribution >= 4 is 17.8 Å². The Morgan fingerprint density at radius 2 is 2.04 bits per heavy atom. The molecule has 3 rings (SSSR count). The fourth-order valence-corrected chi connectivity index (χ4v) is 2.77. The quantitative estimate of drug-likeness (QED) is 0.597. The summed E-state index contributed by atoms with van der Waals surface area (Å²) in [5, 5.41) is 0. The largest absolute Gasteiger partial charge is 0.383 e. The molecule has 1 aliphatic rings. The molecule has 0 spiro atoms. The first kappa shape index (κ1) is 21.2. The fraction of sp³-hybridized carbons (Fsp3) is 0.304. The van der Waals surface area contributed by atoms with Crippen LogP contribution in [0.25, 0.3) is 0 Å². The second kappa shape index (κ2) is 10.3. The Morgan fingerprint density at radius 1 is 1.25 bits per heavy atom. The van der Waals surface area contributed by atoms with E-state index in [-0.39, 0.29) is 5.78 Å². The highest BCUT2D eigenvalue weighted by molar-refractivity contribution is 5.94. The van der Waals surface area contributed by atoms with Crippen LogP contribution in [0, 0.1) is 6.92 Å². The van der Waals surface area contributed by atoms with Gasteiger partial charge in [-0.2, -0.15) is 0 Å². The number of benzene rings is 1. The lowest BCUT2D eigenvalue weighted by atomic mass is 10.1. The lowest BCUT2D eigenvalue weighted by Gasteiger charge is -2.02. The number of aromatic nitrogens is 2. The maximum absolute atomic E-state index is 11.3. The number of aryl methyl sites for hydroxylation is 1. The first-order valence-corrected chi connectivity index (χ1v) is 9.42. The number of rotatable bonds is 5. The first-order chi connectivity index (χ1) is 13.4. The van der Waals surface area contributed by atoms with E-state index in [0.29, 0.717) is 17.9 Å². The summed E-state index contributed by atoms with van der Waals surface area (Å²) in [6.45, 7) is 8.27. The molecule has 5 heteroatoms. The van der Waals surface area contributed by atoms with E-state index in [4.69, 9.17) is 5.73 Å². The Bertz CT molecular complexity index is 906. The molecule has 0 unspecified atom stereocenters. The van der Waals surface area contributed by atoms with Gasteiger partial charge in [0.05, 0.1) is 17.8 Å². The molecule has 0 saturated carbocycles. The number of hydrogen-bond acceptors (Lipinski definition) is 5. The molecule has 0 bridgehead atoms. The minimum atomic E-state index is 0.0485. The number of nitrogens with two attached hydrogens (primary N) is 1. The number of allylic oxidation sites excluding steroid dienone is 4. The van der Waals surface area contributed by atoms with Crippen molar-refractivity contribution in [1.29, 1.82) is 0 Å². The van der Waals surface area contributed by atoms with Gasteiger partial charge in [0.1, 0.15) is 12.1 Å². The van der Waals surface area contributed by atoms with Crippen LogP contribution in [0.3, 0.4) is 0 Å². The van der Waals surface area contributed by atoms with Gasteiger partial charge in [0.15, 0.2) is 5.78 Å². The molecule has 0 saturated heterocycles. The average molecular weight is 377 g/mol. The van der Waals surface area contributed by atoms with Crippen LogP contribution in [0.15, 0.2) is 58.9 Å². The molecule has 0 aliphatic heterocycles. The van der Waals surface area contributed by atoms with Crippen LogP contribution in [0.1, 0.15) is 60.8 Å². The van der Waals surface area contributed by atoms with Gasteiger partial charge < -0.3 is 5.73 Å². The topological polar surface area (TPSA) is 81.2 Å². The van der Waals surface area contributed by atoms with Crippen LogP contribution < -0.4 is 5.73 Å². The molecule has 0 radical (unpaired) electrons. The van der Waals surface area contributed by atoms with E-state index in [0.717, 1.165) is 16.8 Å². The van der Waals surface area contributed by atoms with E-state index in [1.54, 1.807) is 24.8 Å². The summed E-state index contributed by atoms with van der Waals surface area (Å²) in [4.78, 5) is 23.7. The van der Waals surface area contributed by atoms with E-state index >= 15 is 0 Å². The van der Waals surface area contributed by atoms with Crippen LogP contribution >= 0.6 is 0 Å². The molecule has 0 fully saturated rings. The third-order valence-electron chi connectivity index (χ3n) is 4.51. The Labute approximate surface area is 167 Å². The molecule has 5 nitrogen and oxygen atoms in total. The van der Waals surface area contributed by atoms with E-state index < -0.39 is 0 Å². The fourth-order valence-electron chi connectivity index (χ4n) is 2.77. The van der Waals surface area contributed by atoms with Gasteiger partial charge in [0, 0.05) is 11.8 Å². The first-order valence-electron chi connectivity index (χ1n) is 9.42. The van der Waals surface area contributed by atoms with Gasteiger partial charge in [-0.25, -0.2) is 9.97 Å². The molecule has 2 N–H and O–H groups in total. The maximum atomic E-state index is 11.3. The second-order valence-electron chi connectivity index (χ2n) is 6.85. The Hall–Kier alpha value is -3.08. The summed E-state index contributed by atoms with van der Waals surface area (Å²) in [6, 6.07) is 7.43. The van der Waals surface area contributed by atoms with Gasteiger partial charge >= 0.3 is 0 Å². The van der Waals surface area contributed by atoms with Crippen molar-refractivity contribution in [3.63, 3.8) is 0 Å². The Kier molecular flexibility index (Phi) is 7.81. The van der Waals surface area contributed by atoms with Crippen molar-refractivity contribution in [2.24, 2.45) is 4.99 Å². The molecule has 0 atom stereocenters. The number of Topliss-reactive ketones (excluding diaryl/α,β-unsaturated/α-hetero) is 1. The van der Waals surface area contributed by atoms with E-state index in [1.807, 2.05) is 25.1 Å². The van der Waals surface area contributed by atoms with Gasteiger partial charge in [0.25, 0.3) is 0 Å². The molecule has 1 aromatic heterocycles. The summed E-state index contributed by atoms with van der Waals surface area (Å²) >= 11 is 0. The molecule has 2 aromatic rings. The lowest BCUT2D eigenvalue weighted by Crippen LogP contribution is -2.01. The molecule has 0 amide bonds. The smallest absolute Gasteiger partial charge is 0.159 e. The minimum absolute atomic E-state index is 0.0485. The van der Waals surface area contributed by atoms with Gasteiger partial charge in [-0.3, -0.25) is 9.79 Å². The van der Waals surface area contributed by atoms with Crippen molar-refractivity contribution < 1.29 is 4.79 Å². The number of carbonyl (C=O) groups excluding carboxylic acids is 1. The van der Waals surface area contributed by atoms with E-state index in [9.17, 15) is 4.79 Å². The molecule has 1 heterocycles. The van der Waals surface area contributed by atoms with E-state index in [2.05, 4.69) is 41.0 Å². The van der Waals surface area contributed by atoms with Crippen molar-refractivity contribution in [2.45, 2.75) is 47.1 Å². The standard InChI is InChI=1S/C15H16N4O.C8H12/c1-10-14(15(16)19-9-18-10)8-17-7-12-4-3-5-13(6-12)11(2)20;1-3-8-5-4-7(2)6-8/h3-6,8-9H,7H2,1-2H3,(H2,16,18,19);4-5H,3,6H2,1-2H3. The minimum Gasteiger partial charge on any atom is -0.383 e. The summed E-state index contributed by atoms with van der Waals surface area (Å²) in [5.74, 6) is 0.464. The molecule has 28 heavy (non-hydrogen) atoms. The van der Waals surface area contributed by atoms with Gasteiger partial charge in [-0.15, -0.1) is 0 Å². The van der Waals surface area contributed by atoms with Crippen LogP contribution in [0.2, 0.25) is 0 Å². The normalized spacial score (nSPS) is 13.0. The zero-order valence-electron chi connectivity index (χ0n) is 17.1. The van der Waals surface area contributed by atoms with Crippen molar-refractivity contribution in [1.82, 2.24) is 9.97 Å². The summed E-state index contributed by atoms with van der Waals surface area (Å²) in [5.41, 5.74) is 12.0. The number of nitrogens with zero attached hydrogens (tertiary/aromatic N) is 3. The molecule has 1 aromatic carbocycles. The van der Waals surface area contributed by atoms with Crippen molar-refractivity contribution in [3.8, 4) is 0 Å². The van der Waals surface area contributed by atoms with Crippen LogP contribution in [0.5, 0.6) is 0 Å². The maximum Gasteiger partial charge on any atom is 0.159 e. The SMILES string of the molecule is CC(=O)c1cccc(CN=Cc2c(C)ncnc2N)c1.CCC1=CC=C(C)C1. The summed E-state index contributed by atoms with van der Waals surface area (Å²) in [7, 11) is 0. The number of hydrogen-bond donors (Lipinski definition) is 1. The van der Waals surface area contributed by atoms with Gasteiger partial charge in [-0.05, 0) is 45.2 Å². The highest BCUT2D eigenvalue weighted by atomic mass is 16.1. The highest BCUT2D eigenvalue weighted by Gasteiger charge is 2.03. The molecular weight excluding hydrogens is 348 g/mol. The lowest BCUT2D eigenvalue weighted by molar-refractivity contribution is 0.101. The van der Waals surface area contributed by atoms with Crippen LogP contribution in [0.4, 0.5) is 5.82 Å². The number of anilines is 1. The zero-order valence-corrected chi connectivity index (χ0v) is 17.1. The Balaban J connectivity index is 0.000000292. The summed E-state index contributed by atoms with van der Waals surface area (Å²) in [6.07, 6.45) is 9.97. The zero-order chi connectivity index (χ0) is 20.5. The second-order valence-corrected chi connectivity index (χ2v) is 6.85. The Morgan fingerprint density at radius 3 is 2.61 bits per heavy atom. The molecule has 146 valence electrons. The van der Waals surface area contributed by atoms with Crippen LogP contribution in [-0.4, -0.2) is 22.0 Å². The number of aliphatic imine (C=N–C) groups is 1. The summed E-state index contributed by atoms with van der Waals surface area (Å²) < 4.78 is 0. The highest BCUT2D eigenvalue weighted by Crippen LogP contribution is 2.19. The third-order valence-corrected chi connectivity index (χ3v) is 4.51. The predicted molar refractivity (Wildman–Crippen MR) is 116 cm³/mol. The van der Waals surface area contributed by atoms with E-state index in [1.165, 1.54) is 24.7 Å². The third kappa shape index (κ3) is 6.27. The molecular formula is C23H28N4O. The van der Waals surface area contributed by atoms with Gasteiger partial charge in [-0.1, -0.05) is 48.4 Å². The molecule has 1 aliphatic carbocycles. The predicted octanol–water partition coefficient (Wildman–Crippen LogP) is 4.86. The number of ketones is 1. The number of carbonyl (C=O) groups is 1. The van der Waals surface area contributed by atoms with Crippen molar-refractivity contribution in [2.75, 3.05) is 5.73 Å². The monoisotopic (exact) mass is 376 g/mol.